The van der Waals surface area contributed by atoms with E-state index in [2.05, 4.69) is 0 Å². The predicted molar refractivity (Wildman–Crippen MR) is 100.0 cm³/mol. The molecule has 3 rings (SSSR count). The molecule has 0 radical (unpaired) electrons. The molecule has 0 saturated heterocycles. The molecule has 0 aliphatic carbocycles. The molecule has 0 fully saturated rings. The highest BCUT2D eigenvalue weighted by molar-refractivity contribution is 7.14. The maximum atomic E-state index is 12.3. The minimum atomic E-state index is -0.570. The van der Waals surface area contributed by atoms with E-state index < -0.39 is 5.97 Å². The van der Waals surface area contributed by atoms with E-state index in [1.54, 1.807) is 24.3 Å². The van der Waals surface area contributed by atoms with Gasteiger partial charge in [-0.3, -0.25) is 14.4 Å². The number of Topliss-reactive ketones (excluding diaryl/α,β-unsaturated/α-hetero) is 2. The van der Waals surface area contributed by atoms with Gasteiger partial charge in [0.05, 0.1) is 24.5 Å². The number of carbonyl (C=O) groups excluding carboxylic acids is 3. The molecule has 0 saturated carbocycles. The van der Waals surface area contributed by atoms with Gasteiger partial charge in [-0.1, -0.05) is 0 Å². The maximum absolute atomic E-state index is 12.3. The van der Waals surface area contributed by atoms with Gasteiger partial charge in [0, 0.05) is 23.3 Å². The first-order valence-corrected chi connectivity index (χ1v) is 9.52. The largest absolute Gasteiger partial charge is 0.490 e. The van der Waals surface area contributed by atoms with E-state index in [1.807, 2.05) is 13.0 Å². The summed E-state index contributed by atoms with van der Waals surface area (Å²) in [6, 6.07) is 8.55. The van der Waals surface area contributed by atoms with Crippen LogP contribution in [-0.2, 0) is 9.53 Å². The van der Waals surface area contributed by atoms with Crippen molar-refractivity contribution in [2.75, 3.05) is 19.8 Å². The summed E-state index contributed by atoms with van der Waals surface area (Å²) in [7, 11) is 0. The lowest BCUT2D eigenvalue weighted by Crippen LogP contribution is -2.14. The van der Waals surface area contributed by atoms with Gasteiger partial charge >= 0.3 is 5.97 Å². The van der Waals surface area contributed by atoms with Crippen LogP contribution in [0.15, 0.2) is 30.3 Å². The van der Waals surface area contributed by atoms with Crippen LogP contribution in [0.25, 0.3) is 0 Å². The maximum Gasteiger partial charge on any atom is 0.306 e. The van der Waals surface area contributed by atoms with Gasteiger partial charge in [-0.2, -0.15) is 0 Å². The van der Waals surface area contributed by atoms with Gasteiger partial charge in [0.2, 0.25) is 5.78 Å². The molecule has 2 heterocycles. The number of hydrogen-bond acceptors (Lipinski definition) is 7. The molecule has 0 spiro atoms. The highest BCUT2D eigenvalue weighted by atomic mass is 32.1. The first kappa shape index (κ1) is 19.1. The molecule has 27 heavy (non-hydrogen) atoms. The number of ketones is 2. The predicted octanol–water partition coefficient (Wildman–Crippen LogP) is 3.61. The molecule has 0 atom stereocenters. The Morgan fingerprint density at radius 2 is 1.78 bits per heavy atom. The Kier molecular flexibility index (Phi) is 6.24. The zero-order valence-electron chi connectivity index (χ0n) is 15.0. The Morgan fingerprint density at radius 3 is 2.52 bits per heavy atom. The van der Waals surface area contributed by atoms with E-state index in [9.17, 15) is 14.4 Å². The first-order valence-electron chi connectivity index (χ1n) is 8.71. The zero-order valence-corrected chi connectivity index (χ0v) is 15.8. The van der Waals surface area contributed by atoms with E-state index in [1.165, 1.54) is 11.3 Å². The summed E-state index contributed by atoms with van der Waals surface area (Å²) < 4.78 is 16.1. The van der Waals surface area contributed by atoms with Gasteiger partial charge in [0.25, 0.3) is 0 Å². The molecule has 6 nitrogen and oxygen atoms in total. The molecule has 0 N–H and O–H groups in total. The molecular formula is C20H20O6S. The second kappa shape index (κ2) is 8.81. The highest BCUT2D eigenvalue weighted by Crippen LogP contribution is 2.30. The number of rotatable bonds is 7. The number of aryl methyl sites for hydroxylation is 1. The minimum Gasteiger partial charge on any atom is -0.490 e. The number of thiophene rings is 1. The van der Waals surface area contributed by atoms with Crippen molar-refractivity contribution in [3.8, 4) is 11.5 Å². The third-order valence-electron chi connectivity index (χ3n) is 4.01. The third kappa shape index (κ3) is 5.17. The van der Waals surface area contributed by atoms with E-state index in [-0.39, 0.29) is 31.0 Å². The van der Waals surface area contributed by atoms with E-state index in [0.29, 0.717) is 35.2 Å². The number of fused-ring (bicyclic) bond motifs is 1. The lowest BCUT2D eigenvalue weighted by Gasteiger charge is -2.09. The van der Waals surface area contributed by atoms with Crippen molar-refractivity contribution in [1.29, 1.82) is 0 Å². The number of carbonyl (C=O) groups is 3. The summed E-state index contributed by atoms with van der Waals surface area (Å²) in [4.78, 5) is 37.6. The fraction of sp³-hybridized carbons (Fsp3) is 0.350. The van der Waals surface area contributed by atoms with Crippen LogP contribution >= 0.6 is 11.3 Å². The van der Waals surface area contributed by atoms with Gasteiger partial charge in [-0.05, 0) is 37.3 Å². The molecule has 2 aromatic rings. The van der Waals surface area contributed by atoms with Crippen molar-refractivity contribution >= 4 is 28.9 Å². The van der Waals surface area contributed by atoms with Crippen LogP contribution in [0.1, 0.15) is 44.2 Å². The van der Waals surface area contributed by atoms with Gasteiger partial charge in [-0.15, -0.1) is 11.3 Å². The van der Waals surface area contributed by atoms with Crippen LogP contribution in [0, 0.1) is 6.92 Å². The summed E-state index contributed by atoms with van der Waals surface area (Å²) in [5.74, 6) is 0.154. The quantitative estimate of drug-likeness (QED) is 0.533. The first-order chi connectivity index (χ1) is 13.0. The van der Waals surface area contributed by atoms with Crippen molar-refractivity contribution in [3.05, 3.63) is 45.6 Å². The van der Waals surface area contributed by atoms with Crippen molar-refractivity contribution < 1.29 is 28.6 Å². The third-order valence-corrected chi connectivity index (χ3v) is 5.05. The smallest absolute Gasteiger partial charge is 0.306 e. The number of benzene rings is 1. The van der Waals surface area contributed by atoms with Gasteiger partial charge < -0.3 is 14.2 Å². The molecule has 0 unspecified atom stereocenters. The normalized spacial score (nSPS) is 12.9. The average Bonchev–Trinajstić information content (AvgIpc) is 2.97. The Labute approximate surface area is 161 Å². The van der Waals surface area contributed by atoms with Crippen molar-refractivity contribution in [2.24, 2.45) is 0 Å². The number of hydrogen-bond donors (Lipinski definition) is 0. The van der Waals surface area contributed by atoms with Crippen LogP contribution in [-0.4, -0.2) is 37.4 Å². The highest BCUT2D eigenvalue weighted by Gasteiger charge is 2.16. The summed E-state index contributed by atoms with van der Waals surface area (Å²) >= 11 is 1.36. The lowest BCUT2D eigenvalue weighted by molar-refractivity contribution is -0.142. The molecule has 7 heteroatoms. The van der Waals surface area contributed by atoms with Gasteiger partial charge in [0.15, 0.2) is 23.9 Å². The topological polar surface area (TPSA) is 78.9 Å². The summed E-state index contributed by atoms with van der Waals surface area (Å²) in [6.07, 6.45) is 0.711. The lowest BCUT2D eigenvalue weighted by atomic mass is 10.1. The molecule has 1 aliphatic rings. The SMILES string of the molecule is Cc1ccc(C(=O)COC(=O)CCC(=O)c2ccc3c(c2)OCCCO3)s1. The van der Waals surface area contributed by atoms with E-state index in [0.717, 1.165) is 11.3 Å². The summed E-state index contributed by atoms with van der Waals surface area (Å²) in [5, 5.41) is 0. The van der Waals surface area contributed by atoms with Crippen LogP contribution in [0.4, 0.5) is 0 Å². The fourth-order valence-electron chi connectivity index (χ4n) is 2.57. The number of esters is 1. The molecule has 1 aromatic carbocycles. The van der Waals surface area contributed by atoms with E-state index in [4.69, 9.17) is 14.2 Å². The van der Waals surface area contributed by atoms with Gasteiger partial charge in [0.1, 0.15) is 0 Å². The monoisotopic (exact) mass is 388 g/mol. The Morgan fingerprint density at radius 1 is 1.00 bits per heavy atom. The Hall–Kier alpha value is -2.67. The van der Waals surface area contributed by atoms with Crippen LogP contribution < -0.4 is 9.47 Å². The average molecular weight is 388 g/mol. The van der Waals surface area contributed by atoms with E-state index >= 15 is 0 Å². The Balaban J connectivity index is 1.48. The van der Waals surface area contributed by atoms with Crippen molar-refractivity contribution in [2.45, 2.75) is 26.2 Å². The molecule has 142 valence electrons. The zero-order chi connectivity index (χ0) is 19.2. The van der Waals surface area contributed by atoms with Crippen molar-refractivity contribution in [3.63, 3.8) is 0 Å². The Bertz CT molecular complexity index is 854. The van der Waals surface area contributed by atoms with Crippen LogP contribution in [0.5, 0.6) is 11.5 Å². The fourth-order valence-corrected chi connectivity index (χ4v) is 3.36. The van der Waals surface area contributed by atoms with Crippen LogP contribution in [0.3, 0.4) is 0 Å². The molecule has 1 aromatic heterocycles. The molecule has 1 aliphatic heterocycles. The second-order valence-corrected chi connectivity index (χ2v) is 7.42. The molecule has 0 bridgehead atoms. The summed E-state index contributed by atoms with van der Waals surface area (Å²) in [6.45, 7) is 2.71. The van der Waals surface area contributed by atoms with Crippen molar-refractivity contribution in [1.82, 2.24) is 0 Å². The molecule has 0 amide bonds. The molecular weight excluding hydrogens is 368 g/mol. The summed E-state index contributed by atoms with van der Waals surface area (Å²) in [5.41, 5.74) is 0.456. The standard InChI is InChI=1S/C20H20O6S/c1-13-3-7-19(27-13)16(22)12-26-20(23)8-5-15(21)14-4-6-17-18(11-14)25-10-2-9-24-17/h3-4,6-7,11H,2,5,8-10,12H2,1H3. The minimum absolute atomic E-state index is 0.00474. The second-order valence-electron chi connectivity index (χ2n) is 6.13. The van der Waals surface area contributed by atoms with Crippen LogP contribution in [0.2, 0.25) is 0 Å². The number of ether oxygens (including phenoxy) is 3. The van der Waals surface area contributed by atoms with Gasteiger partial charge in [-0.25, -0.2) is 0 Å².